The maximum absolute atomic E-state index is 12.0. The van der Waals surface area contributed by atoms with E-state index < -0.39 is 12.3 Å². The molecule has 0 heterocycles. The first-order chi connectivity index (χ1) is 12.1. The van der Waals surface area contributed by atoms with Gasteiger partial charge >= 0.3 is 6.16 Å². The molecule has 0 amide bonds. The van der Waals surface area contributed by atoms with E-state index in [9.17, 15) is 4.79 Å². The van der Waals surface area contributed by atoms with Crippen molar-refractivity contribution in [1.29, 1.82) is 0 Å². The van der Waals surface area contributed by atoms with E-state index in [2.05, 4.69) is 11.0 Å². The van der Waals surface area contributed by atoms with Gasteiger partial charge < -0.3 is 14.4 Å². The summed E-state index contributed by atoms with van der Waals surface area (Å²) in [6.07, 6.45) is 0.900. The van der Waals surface area contributed by atoms with Crippen LogP contribution in [0, 0.1) is 0 Å². The van der Waals surface area contributed by atoms with Gasteiger partial charge in [-0.3, -0.25) is 0 Å². The smallest absolute Gasteiger partial charge is 0.435 e. The number of nitrogens with zero attached hydrogens (tertiary/aromatic N) is 1. The third kappa shape index (κ3) is 5.76. The Balaban J connectivity index is 2.44. The average molecular weight is 339 g/mol. The van der Waals surface area contributed by atoms with E-state index in [0.29, 0.717) is 0 Å². The maximum atomic E-state index is 12.0. The molecule has 4 nitrogen and oxygen atoms in total. The Morgan fingerprint density at radius 2 is 1.64 bits per heavy atom. The molecule has 2 aromatic rings. The maximum Gasteiger partial charge on any atom is 0.509 e. The van der Waals surface area contributed by atoms with Crippen LogP contribution in [-0.2, 0) is 9.47 Å². The highest BCUT2D eigenvalue weighted by molar-refractivity contribution is 5.73. The van der Waals surface area contributed by atoms with Crippen molar-refractivity contribution < 1.29 is 14.3 Å². The lowest BCUT2D eigenvalue weighted by atomic mass is 9.94. The first-order valence-electron chi connectivity index (χ1n) is 8.40. The fourth-order valence-electron chi connectivity index (χ4n) is 2.47. The predicted octanol–water partition coefficient (Wildman–Crippen LogP) is 4.55. The molecular formula is C21H25NO3. The van der Waals surface area contributed by atoms with E-state index in [1.807, 2.05) is 74.8 Å². The monoisotopic (exact) mass is 339 g/mol. The summed E-state index contributed by atoms with van der Waals surface area (Å²) in [5.74, 6) is 0. The van der Waals surface area contributed by atoms with Gasteiger partial charge in [0, 0.05) is 12.1 Å². The first kappa shape index (κ1) is 18.7. The molecule has 0 aliphatic rings. The quantitative estimate of drug-likeness (QED) is 0.694. The molecular weight excluding hydrogens is 314 g/mol. The second kappa shape index (κ2) is 9.64. The van der Waals surface area contributed by atoms with Crippen LogP contribution in [0.4, 0.5) is 4.79 Å². The van der Waals surface area contributed by atoms with E-state index in [1.54, 1.807) is 6.92 Å². The lowest BCUT2D eigenvalue weighted by Crippen LogP contribution is -2.17. The number of carbonyl (C=O) groups is 1. The summed E-state index contributed by atoms with van der Waals surface area (Å²) < 4.78 is 10.7. The van der Waals surface area contributed by atoms with Crippen molar-refractivity contribution in [3.8, 4) is 0 Å². The zero-order valence-corrected chi connectivity index (χ0v) is 15.0. The zero-order valence-electron chi connectivity index (χ0n) is 15.0. The Labute approximate surface area is 149 Å². The number of likely N-dealkylation sites (N-methyl/N-ethyl adjacent to an activating group) is 1. The standard InChI is InChI=1S/C21H25NO3/c1-4-24-21(23)25-20(18-13-9-6-10-14-18)19(15-16-22(2)3)17-11-7-5-8-12-17/h5-15,20H,4,16H2,1-3H3. The van der Waals surface area contributed by atoms with Crippen molar-refractivity contribution >= 4 is 11.7 Å². The molecule has 1 unspecified atom stereocenters. The van der Waals surface area contributed by atoms with Gasteiger partial charge in [-0.15, -0.1) is 0 Å². The molecule has 0 aromatic heterocycles. The van der Waals surface area contributed by atoms with Crippen molar-refractivity contribution in [3.63, 3.8) is 0 Å². The molecule has 1 atom stereocenters. The van der Waals surface area contributed by atoms with E-state index >= 15 is 0 Å². The van der Waals surface area contributed by atoms with Crippen LogP contribution in [-0.4, -0.2) is 38.3 Å². The van der Waals surface area contributed by atoms with E-state index in [1.165, 1.54) is 0 Å². The number of hydrogen-bond donors (Lipinski definition) is 0. The molecule has 2 rings (SSSR count). The van der Waals surface area contributed by atoms with Gasteiger partial charge in [-0.2, -0.15) is 0 Å². The normalized spacial score (nSPS) is 12.7. The minimum atomic E-state index is -0.664. The molecule has 0 saturated heterocycles. The largest absolute Gasteiger partial charge is 0.509 e. The minimum Gasteiger partial charge on any atom is -0.435 e. The van der Waals surface area contributed by atoms with Gasteiger partial charge in [-0.05, 0) is 32.1 Å². The molecule has 25 heavy (non-hydrogen) atoms. The van der Waals surface area contributed by atoms with Crippen molar-refractivity contribution in [3.05, 3.63) is 77.9 Å². The van der Waals surface area contributed by atoms with Crippen molar-refractivity contribution in [2.24, 2.45) is 0 Å². The summed E-state index contributed by atoms with van der Waals surface area (Å²) in [5, 5.41) is 0. The second-order valence-electron chi connectivity index (χ2n) is 5.88. The van der Waals surface area contributed by atoms with Crippen LogP contribution in [0.3, 0.4) is 0 Å². The van der Waals surface area contributed by atoms with Crippen LogP contribution >= 0.6 is 0 Å². The molecule has 132 valence electrons. The summed E-state index contributed by atoms with van der Waals surface area (Å²) in [6.45, 7) is 2.78. The van der Waals surface area contributed by atoms with Crippen LogP contribution in [0.15, 0.2) is 66.7 Å². The number of carbonyl (C=O) groups excluding carboxylic acids is 1. The van der Waals surface area contributed by atoms with E-state index in [4.69, 9.17) is 9.47 Å². The molecule has 0 fully saturated rings. The van der Waals surface area contributed by atoms with Gasteiger partial charge in [0.2, 0.25) is 0 Å². The fourth-order valence-corrected chi connectivity index (χ4v) is 2.47. The molecule has 0 bridgehead atoms. The lowest BCUT2D eigenvalue weighted by molar-refractivity contribution is 0.0427. The Kier molecular flexibility index (Phi) is 7.23. The topological polar surface area (TPSA) is 38.8 Å². The number of benzene rings is 2. The van der Waals surface area contributed by atoms with Crippen molar-refractivity contribution in [1.82, 2.24) is 4.90 Å². The zero-order chi connectivity index (χ0) is 18.1. The van der Waals surface area contributed by atoms with E-state index in [-0.39, 0.29) is 6.61 Å². The van der Waals surface area contributed by atoms with Crippen LogP contribution in [0.5, 0.6) is 0 Å². The molecule has 0 spiro atoms. The summed E-state index contributed by atoms with van der Waals surface area (Å²) in [5.41, 5.74) is 2.86. The second-order valence-corrected chi connectivity index (χ2v) is 5.88. The molecule has 0 aliphatic carbocycles. The molecule has 2 aromatic carbocycles. The predicted molar refractivity (Wildman–Crippen MR) is 100 cm³/mol. The Bertz CT molecular complexity index is 681. The first-order valence-corrected chi connectivity index (χ1v) is 8.40. The van der Waals surface area contributed by atoms with Gasteiger partial charge in [0.05, 0.1) is 6.61 Å². The third-order valence-corrected chi connectivity index (χ3v) is 3.64. The summed E-state index contributed by atoms with van der Waals surface area (Å²) in [4.78, 5) is 14.1. The van der Waals surface area contributed by atoms with Gasteiger partial charge in [0.15, 0.2) is 6.10 Å². The lowest BCUT2D eigenvalue weighted by Gasteiger charge is -2.22. The number of rotatable bonds is 7. The highest BCUT2D eigenvalue weighted by Gasteiger charge is 2.23. The molecule has 0 saturated carbocycles. The van der Waals surface area contributed by atoms with E-state index in [0.717, 1.165) is 23.2 Å². The summed E-state index contributed by atoms with van der Waals surface area (Å²) in [6, 6.07) is 19.7. The van der Waals surface area contributed by atoms with Crippen LogP contribution in [0.1, 0.15) is 24.2 Å². The van der Waals surface area contributed by atoms with Crippen molar-refractivity contribution in [2.75, 3.05) is 27.2 Å². The highest BCUT2D eigenvalue weighted by Crippen LogP contribution is 2.33. The van der Waals surface area contributed by atoms with Gasteiger partial charge in [0.1, 0.15) is 0 Å². The Morgan fingerprint density at radius 1 is 1.04 bits per heavy atom. The van der Waals surface area contributed by atoms with Crippen LogP contribution in [0.25, 0.3) is 5.57 Å². The third-order valence-electron chi connectivity index (χ3n) is 3.64. The highest BCUT2D eigenvalue weighted by atomic mass is 16.7. The van der Waals surface area contributed by atoms with Crippen LogP contribution in [0.2, 0.25) is 0 Å². The van der Waals surface area contributed by atoms with Gasteiger partial charge in [-0.25, -0.2) is 4.79 Å². The minimum absolute atomic E-state index is 0.280. The molecule has 0 aliphatic heterocycles. The Morgan fingerprint density at radius 3 is 2.20 bits per heavy atom. The Hall–Kier alpha value is -2.59. The SMILES string of the molecule is CCOC(=O)OC(C(=CCN(C)C)c1ccccc1)c1ccccc1. The van der Waals surface area contributed by atoms with Gasteiger partial charge in [-0.1, -0.05) is 66.7 Å². The van der Waals surface area contributed by atoms with Crippen LogP contribution < -0.4 is 0 Å². The van der Waals surface area contributed by atoms with Crippen molar-refractivity contribution in [2.45, 2.75) is 13.0 Å². The number of ether oxygens (including phenoxy) is 2. The summed E-state index contributed by atoms with van der Waals surface area (Å²) >= 11 is 0. The molecule has 0 N–H and O–H groups in total. The molecule has 4 heteroatoms. The molecule has 0 radical (unpaired) electrons. The fraction of sp³-hybridized carbons (Fsp3) is 0.286. The number of hydrogen-bond acceptors (Lipinski definition) is 4. The summed E-state index contributed by atoms with van der Waals surface area (Å²) in [7, 11) is 4.01. The van der Waals surface area contributed by atoms with Gasteiger partial charge in [0.25, 0.3) is 0 Å². The average Bonchev–Trinajstić information content (AvgIpc) is 2.62.